The van der Waals surface area contributed by atoms with E-state index in [1.165, 1.54) is 48.3 Å². The monoisotopic (exact) mass is 329 g/mol. The lowest BCUT2D eigenvalue weighted by atomic mass is 10.0. The number of nitrogens with zero attached hydrogens (tertiary/aromatic N) is 3. The normalized spacial score (nSPS) is 11.6. The van der Waals surface area contributed by atoms with Crippen molar-refractivity contribution in [2.45, 2.75) is 13.0 Å². The summed E-state index contributed by atoms with van der Waals surface area (Å²) in [6.45, 7) is 1.70. The van der Waals surface area contributed by atoms with Crippen molar-refractivity contribution in [3.8, 4) is 0 Å². The summed E-state index contributed by atoms with van der Waals surface area (Å²) in [4.78, 5) is 34.7. The lowest BCUT2D eigenvalue weighted by Gasteiger charge is -2.25. The van der Waals surface area contributed by atoms with Crippen LogP contribution in [0.4, 0.5) is 11.4 Å². The third-order valence-electron chi connectivity index (χ3n) is 3.80. The Morgan fingerprint density at radius 3 is 2.33 bits per heavy atom. The van der Waals surface area contributed by atoms with Gasteiger partial charge in [-0.3, -0.25) is 25.0 Å². The third kappa shape index (κ3) is 3.37. The minimum absolute atomic E-state index is 0.0257. The van der Waals surface area contributed by atoms with Gasteiger partial charge in [-0.2, -0.15) is 0 Å². The van der Waals surface area contributed by atoms with Crippen LogP contribution in [-0.4, -0.2) is 27.7 Å². The highest BCUT2D eigenvalue weighted by Gasteiger charge is 2.26. The molecule has 8 heteroatoms. The summed E-state index contributed by atoms with van der Waals surface area (Å²) in [5.74, 6) is -0.527. The summed E-state index contributed by atoms with van der Waals surface area (Å²) in [6.07, 6.45) is 0. The van der Waals surface area contributed by atoms with Crippen LogP contribution in [0.25, 0.3) is 0 Å². The van der Waals surface area contributed by atoms with Crippen molar-refractivity contribution in [2.24, 2.45) is 0 Å². The van der Waals surface area contributed by atoms with Crippen molar-refractivity contribution >= 4 is 17.3 Å². The van der Waals surface area contributed by atoms with Crippen LogP contribution in [0.5, 0.6) is 0 Å². The Balaban J connectivity index is 2.33. The predicted molar refractivity (Wildman–Crippen MR) is 86.7 cm³/mol. The van der Waals surface area contributed by atoms with Gasteiger partial charge in [0, 0.05) is 25.2 Å². The number of non-ortho nitro benzene ring substituents is 1. The molecule has 0 saturated heterocycles. The van der Waals surface area contributed by atoms with Crippen LogP contribution < -0.4 is 0 Å². The summed E-state index contributed by atoms with van der Waals surface area (Å²) in [5.41, 5.74) is 0.187. The first-order chi connectivity index (χ1) is 11.3. The molecule has 1 amide bonds. The maximum absolute atomic E-state index is 12.6. The first kappa shape index (κ1) is 17.1. The number of rotatable bonds is 5. The van der Waals surface area contributed by atoms with E-state index < -0.39 is 21.8 Å². The summed E-state index contributed by atoms with van der Waals surface area (Å²) >= 11 is 0. The third-order valence-corrected chi connectivity index (χ3v) is 3.80. The second-order valence-corrected chi connectivity index (χ2v) is 5.22. The number of benzene rings is 2. The smallest absolute Gasteiger partial charge is 0.282 e. The van der Waals surface area contributed by atoms with Gasteiger partial charge in [0.15, 0.2) is 0 Å². The Morgan fingerprint density at radius 2 is 1.71 bits per heavy atom. The minimum Gasteiger partial charge on any atom is -0.335 e. The Hall–Kier alpha value is -3.29. The van der Waals surface area contributed by atoms with E-state index in [0.717, 1.165) is 0 Å². The fraction of sp³-hybridized carbons (Fsp3) is 0.188. The van der Waals surface area contributed by atoms with Crippen molar-refractivity contribution in [3.05, 3.63) is 79.9 Å². The zero-order valence-electron chi connectivity index (χ0n) is 13.1. The van der Waals surface area contributed by atoms with Gasteiger partial charge in [-0.15, -0.1) is 0 Å². The molecule has 0 heterocycles. The van der Waals surface area contributed by atoms with E-state index in [1.807, 2.05) is 0 Å². The number of carbonyl (C=O) groups is 1. The molecular formula is C16H15N3O5. The molecule has 2 aromatic carbocycles. The van der Waals surface area contributed by atoms with Crippen molar-refractivity contribution < 1.29 is 14.6 Å². The van der Waals surface area contributed by atoms with Gasteiger partial charge in [0.05, 0.1) is 15.9 Å². The molecule has 24 heavy (non-hydrogen) atoms. The highest BCUT2D eigenvalue weighted by molar-refractivity contribution is 5.98. The standard InChI is InChI=1S/C16H15N3O5/c1-11(12-6-5-7-13(10-12)18(21)22)17(2)16(20)14-8-3-4-9-15(14)19(23)24/h3-11H,1-2H3. The second-order valence-electron chi connectivity index (χ2n) is 5.22. The molecule has 2 aromatic rings. The molecule has 0 aromatic heterocycles. The lowest BCUT2D eigenvalue weighted by Crippen LogP contribution is -2.30. The summed E-state index contributed by atoms with van der Waals surface area (Å²) in [5, 5.41) is 21.9. The van der Waals surface area contributed by atoms with Crippen LogP contribution >= 0.6 is 0 Å². The van der Waals surface area contributed by atoms with E-state index in [9.17, 15) is 25.0 Å². The van der Waals surface area contributed by atoms with Crippen molar-refractivity contribution in [3.63, 3.8) is 0 Å². The molecule has 0 radical (unpaired) electrons. The zero-order valence-corrected chi connectivity index (χ0v) is 13.1. The molecule has 0 aliphatic heterocycles. The molecule has 1 unspecified atom stereocenters. The summed E-state index contributed by atoms with van der Waals surface area (Å²) < 4.78 is 0. The molecule has 0 fully saturated rings. The maximum atomic E-state index is 12.6. The Morgan fingerprint density at radius 1 is 1.04 bits per heavy atom. The van der Waals surface area contributed by atoms with E-state index in [4.69, 9.17) is 0 Å². The van der Waals surface area contributed by atoms with Crippen molar-refractivity contribution in [1.82, 2.24) is 4.90 Å². The number of nitro benzene ring substituents is 2. The number of carbonyl (C=O) groups excluding carboxylic acids is 1. The molecule has 8 nitrogen and oxygen atoms in total. The molecule has 1 atom stereocenters. The summed E-state index contributed by atoms with van der Waals surface area (Å²) in [6, 6.07) is 11.1. The Kier molecular flexibility index (Phi) is 4.88. The van der Waals surface area contributed by atoms with Crippen LogP contribution in [0.3, 0.4) is 0 Å². The first-order valence-electron chi connectivity index (χ1n) is 7.08. The number of para-hydroxylation sites is 1. The van der Waals surface area contributed by atoms with Crippen molar-refractivity contribution in [1.29, 1.82) is 0 Å². The average Bonchev–Trinajstić information content (AvgIpc) is 2.59. The lowest BCUT2D eigenvalue weighted by molar-refractivity contribution is -0.385. The van der Waals surface area contributed by atoms with E-state index >= 15 is 0 Å². The van der Waals surface area contributed by atoms with Crippen LogP contribution in [-0.2, 0) is 0 Å². The van der Waals surface area contributed by atoms with Crippen LogP contribution in [0.1, 0.15) is 28.9 Å². The predicted octanol–water partition coefficient (Wildman–Crippen LogP) is 3.34. The van der Waals surface area contributed by atoms with Gasteiger partial charge in [-0.05, 0) is 18.6 Å². The van der Waals surface area contributed by atoms with Gasteiger partial charge in [0.25, 0.3) is 17.3 Å². The van der Waals surface area contributed by atoms with E-state index in [-0.39, 0.29) is 16.9 Å². The molecule has 0 saturated carbocycles. The molecule has 0 aliphatic rings. The van der Waals surface area contributed by atoms with E-state index in [2.05, 4.69) is 0 Å². The van der Waals surface area contributed by atoms with Gasteiger partial charge in [-0.1, -0.05) is 24.3 Å². The van der Waals surface area contributed by atoms with Crippen LogP contribution in [0, 0.1) is 20.2 Å². The minimum atomic E-state index is -0.612. The molecule has 0 N–H and O–H groups in total. The van der Waals surface area contributed by atoms with Gasteiger partial charge < -0.3 is 4.90 Å². The topological polar surface area (TPSA) is 107 Å². The van der Waals surface area contributed by atoms with Gasteiger partial charge in [-0.25, -0.2) is 0 Å². The highest BCUT2D eigenvalue weighted by Crippen LogP contribution is 2.26. The summed E-state index contributed by atoms with van der Waals surface area (Å²) in [7, 11) is 1.50. The molecule has 0 aliphatic carbocycles. The molecular weight excluding hydrogens is 314 g/mol. The largest absolute Gasteiger partial charge is 0.335 e. The fourth-order valence-corrected chi connectivity index (χ4v) is 2.30. The van der Waals surface area contributed by atoms with Crippen LogP contribution in [0.2, 0.25) is 0 Å². The van der Waals surface area contributed by atoms with Gasteiger partial charge in [0.2, 0.25) is 0 Å². The maximum Gasteiger partial charge on any atom is 0.282 e. The number of hydrogen-bond acceptors (Lipinski definition) is 5. The van der Waals surface area contributed by atoms with Gasteiger partial charge >= 0.3 is 0 Å². The number of hydrogen-bond donors (Lipinski definition) is 0. The quantitative estimate of drug-likeness (QED) is 0.617. The molecule has 124 valence electrons. The fourth-order valence-electron chi connectivity index (χ4n) is 2.30. The van der Waals surface area contributed by atoms with E-state index in [1.54, 1.807) is 19.1 Å². The first-order valence-corrected chi connectivity index (χ1v) is 7.08. The number of nitro groups is 2. The molecule has 2 rings (SSSR count). The zero-order chi connectivity index (χ0) is 17.9. The highest BCUT2D eigenvalue weighted by atomic mass is 16.6. The Labute approximate surface area is 137 Å². The van der Waals surface area contributed by atoms with E-state index in [0.29, 0.717) is 5.56 Å². The second kappa shape index (κ2) is 6.86. The SMILES string of the molecule is CC(c1cccc([N+](=O)[O-])c1)N(C)C(=O)c1ccccc1[N+](=O)[O-]. The number of amides is 1. The molecule has 0 spiro atoms. The Bertz CT molecular complexity index is 806. The van der Waals surface area contributed by atoms with Gasteiger partial charge in [0.1, 0.15) is 5.56 Å². The molecule has 0 bridgehead atoms. The van der Waals surface area contributed by atoms with Crippen LogP contribution in [0.15, 0.2) is 48.5 Å². The average molecular weight is 329 g/mol. The van der Waals surface area contributed by atoms with Crippen molar-refractivity contribution in [2.75, 3.05) is 7.05 Å².